The van der Waals surface area contributed by atoms with E-state index >= 15 is 0 Å². The lowest BCUT2D eigenvalue weighted by molar-refractivity contribution is -0.143. The Balaban J connectivity index is 2.36. The highest BCUT2D eigenvalue weighted by Gasteiger charge is 2.24. The molecule has 0 aliphatic carbocycles. The topological polar surface area (TPSA) is 95.5 Å². The summed E-state index contributed by atoms with van der Waals surface area (Å²) in [5.41, 5.74) is 0.559. The minimum atomic E-state index is -1.04. The van der Waals surface area contributed by atoms with Crippen molar-refractivity contribution in [2.75, 3.05) is 6.54 Å². The SMILES string of the molecule is CCC(C)[C@H](NC(=O)CCNC(=O)c1ccsc1)C(=O)O. The Morgan fingerprint density at radius 3 is 2.62 bits per heavy atom. The lowest BCUT2D eigenvalue weighted by Gasteiger charge is -2.20. The summed E-state index contributed by atoms with van der Waals surface area (Å²) in [6, 6.07) is 0.804. The van der Waals surface area contributed by atoms with Gasteiger partial charge >= 0.3 is 5.97 Å². The van der Waals surface area contributed by atoms with Gasteiger partial charge in [0.1, 0.15) is 6.04 Å². The molecule has 116 valence electrons. The van der Waals surface area contributed by atoms with Crippen LogP contribution in [-0.2, 0) is 9.59 Å². The normalized spacial score (nSPS) is 13.2. The Labute approximate surface area is 127 Å². The molecule has 1 aromatic rings. The second kappa shape index (κ2) is 8.41. The van der Waals surface area contributed by atoms with E-state index in [0.717, 1.165) is 0 Å². The van der Waals surface area contributed by atoms with Gasteiger partial charge in [0.2, 0.25) is 5.91 Å². The number of thiophene rings is 1. The van der Waals surface area contributed by atoms with Gasteiger partial charge < -0.3 is 15.7 Å². The molecule has 2 atom stereocenters. The van der Waals surface area contributed by atoms with Crippen molar-refractivity contribution in [3.63, 3.8) is 0 Å². The van der Waals surface area contributed by atoms with E-state index in [1.165, 1.54) is 11.3 Å². The van der Waals surface area contributed by atoms with Crippen LogP contribution in [0.2, 0.25) is 0 Å². The summed E-state index contributed by atoms with van der Waals surface area (Å²) in [5.74, 6) is -1.80. The molecule has 7 heteroatoms. The zero-order valence-electron chi connectivity index (χ0n) is 12.1. The van der Waals surface area contributed by atoms with Crippen LogP contribution in [0.3, 0.4) is 0 Å². The molecule has 2 amide bonds. The monoisotopic (exact) mass is 312 g/mol. The summed E-state index contributed by atoms with van der Waals surface area (Å²) in [7, 11) is 0. The van der Waals surface area contributed by atoms with Gasteiger partial charge in [0.15, 0.2) is 0 Å². The Morgan fingerprint density at radius 2 is 2.10 bits per heavy atom. The Kier molecular flexibility index (Phi) is 6.87. The van der Waals surface area contributed by atoms with Gasteiger partial charge in [-0.25, -0.2) is 4.79 Å². The molecule has 0 aliphatic rings. The minimum Gasteiger partial charge on any atom is -0.480 e. The van der Waals surface area contributed by atoms with E-state index in [2.05, 4.69) is 10.6 Å². The zero-order valence-corrected chi connectivity index (χ0v) is 12.9. The second-order valence-corrected chi connectivity index (χ2v) is 5.57. The van der Waals surface area contributed by atoms with E-state index in [4.69, 9.17) is 5.11 Å². The molecule has 1 unspecified atom stereocenters. The molecular formula is C14H20N2O4S. The van der Waals surface area contributed by atoms with E-state index in [9.17, 15) is 14.4 Å². The average molecular weight is 312 g/mol. The third-order valence-corrected chi connectivity index (χ3v) is 3.90. The molecule has 1 heterocycles. The molecule has 1 rings (SSSR count). The van der Waals surface area contributed by atoms with Crippen LogP contribution in [0.1, 0.15) is 37.0 Å². The lowest BCUT2D eigenvalue weighted by atomic mass is 9.99. The molecule has 0 saturated carbocycles. The van der Waals surface area contributed by atoms with Crippen LogP contribution in [0.4, 0.5) is 0 Å². The van der Waals surface area contributed by atoms with Crippen molar-refractivity contribution in [3.05, 3.63) is 22.4 Å². The fourth-order valence-corrected chi connectivity index (χ4v) is 2.35. The van der Waals surface area contributed by atoms with Crippen LogP contribution >= 0.6 is 11.3 Å². The van der Waals surface area contributed by atoms with Gasteiger partial charge in [-0.05, 0) is 17.4 Å². The summed E-state index contributed by atoms with van der Waals surface area (Å²) >= 11 is 1.42. The maximum absolute atomic E-state index is 11.7. The second-order valence-electron chi connectivity index (χ2n) is 4.79. The van der Waals surface area contributed by atoms with Crippen molar-refractivity contribution in [2.24, 2.45) is 5.92 Å². The number of hydrogen-bond acceptors (Lipinski definition) is 4. The molecule has 0 aliphatic heterocycles. The molecule has 0 radical (unpaired) electrons. The van der Waals surface area contributed by atoms with Crippen LogP contribution < -0.4 is 10.6 Å². The number of amides is 2. The molecule has 0 bridgehead atoms. The first-order valence-electron chi connectivity index (χ1n) is 6.78. The number of nitrogens with one attached hydrogen (secondary N) is 2. The molecular weight excluding hydrogens is 292 g/mol. The van der Waals surface area contributed by atoms with Crippen molar-refractivity contribution >= 4 is 29.1 Å². The maximum Gasteiger partial charge on any atom is 0.326 e. The molecule has 21 heavy (non-hydrogen) atoms. The first-order chi connectivity index (χ1) is 9.95. The molecule has 3 N–H and O–H groups in total. The van der Waals surface area contributed by atoms with E-state index in [0.29, 0.717) is 12.0 Å². The van der Waals surface area contributed by atoms with Crippen LogP contribution in [-0.4, -0.2) is 35.5 Å². The van der Waals surface area contributed by atoms with Gasteiger partial charge in [-0.15, -0.1) is 0 Å². The number of hydrogen-bond donors (Lipinski definition) is 3. The highest BCUT2D eigenvalue weighted by molar-refractivity contribution is 7.08. The van der Waals surface area contributed by atoms with Crippen molar-refractivity contribution in [1.82, 2.24) is 10.6 Å². The van der Waals surface area contributed by atoms with Crippen molar-refractivity contribution in [2.45, 2.75) is 32.7 Å². The number of carboxylic acid groups (broad SMARTS) is 1. The third-order valence-electron chi connectivity index (χ3n) is 3.22. The van der Waals surface area contributed by atoms with Gasteiger partial charge in [-0.2, -0.15) is 11.3 Å². The number of carboxylic acids is 1. The van der Waals surface area contributed by atoms with Gasteiger partial charge in [0.05, 0.1) is 0 Å². The predicted molar refractivity (Wildman–Crippen MR) is 80.3 cm³/mol. The summed E-state index contributed by atoms with van der Waals surface area (Å²) in [4.78, 5) is 34.5. The quantitative estimate of drug-likeness (QED) is 0.677. The minimum absolute atomic E-state index is 0.0517. The van der Waals surface area contributed by atoms with Crippen LogP contribution in [0.15, 0.2) is 16.8 Å². The smallest absolute Gasteiger partial charge is 0.326 e. The zero-order chi connectivity index (χ0) is 15.8. The molecule has 0 aromatic carbocycles. The van der Waals surface area contributed by atoms with Gasteiger partial charge in [0.25, 0.3) is 5.91 Å². The van der Waals surface area contributed by atoms with E-state index in [1.54, 1.807) is 23.8 Å². The number of aliphatic carboxylic acids is 1. The first kappa shape index (κ1) is 17.2. The molecule has 1 aromatic heterocycles. The Bertz CT molecular complexity index is 487. The molecule has 0 fully saturated rings. The van der Waals surface area contributed by atoms with Gasteiger partial charge in [-0.1, -0.05) is 20.3 Å². The predicted octanol–water partition coefficient (Wildman–Crippen LogP) is 1.48. The van der Waals surface area contributed by atoms with Crippen LogP contribution in [0.25, 0.3) is 0 Å². The largest absolute Gasteiger partial charge is 0.480 e. The summed E-state index contributed by atoms with van der Waals surface area (Å²) in [5, 5.41) is 17.7. The first-order valence-corrected chi connectivity index (χ1v) is 7.72. The van der Waals surface area contributed by atoms with Crippen molar-refractivity contribution in [3.8, 4) is 0 Å². The van der Waals surface area contributed by atoms with E-state index in [1.807, 2.05) is 6.92 Å². The standard InChI is InChI=1S/C14H20N2O4S/c1-3-9(2)12(14(19)20)16-11(17)4-6-15-13(18)10-5-7-21-8-10/h5,7-9,12H,3-4,6H2,1-2H3,(H,15,18)(H,16,17)(H,19,20)/t9?,12-/m0/s1. The van der Waals surface area contributed by atoms with Crippen molar-refractivity contribution in [1.29, 1.82) is 0 Å². The lowest BCUT2D eigenvalue weighted by Crippen LogP contribution is -2.45. The molecule has 0 saturated heterocycles. The third kappa shape index (κ3) is 5.55. The van der Waals surface area contributed by atoms with Crippen LogP contribution in [0.5, 0.6) is 0 Å². The van der Waals surface area contributed by atoms with Crippen molar-refractivity contribution < 1.29 is 19.5 Å². The fraction of sp³-hybridized carbons (Fsp3) is 0.500. The Hall–Kier alpha value is -1.89. The van der Waals surface area contributed by atoms with Gasteiger partial charge in [0, 0.05) is 23.9 Å². The fourth-order valence-electron chi connectivity index (χ4n) is 1.71. The summed E-state index contributed by atoms with van der Waals surface area (Å²) in [6.07, 6.45) is 0.711. The van der Waals surface area contributed by atoms with E-state index in [-0.39, 0.29) is 30.7 Å². The van der Waals surface area contributed by atoms with Gasteiger partial charge in [-0.3, -0.25) is 9.59 Å². The maximum atomic E-state index is 11.7. The molecule has 0 spiro atoms. The number of rotatable bonds is 8. The summed E-state index contributed by atoms with van der Waals surface area (Å²) in [6.45, 7) is 3.82. The van der Waals surface area contributed by atoms with E-state index < -0.39 is 12.0 Å². The average Bonchev–Trinajstić information content (AvgIpc) is 2.97. The highest BCUT2D eigenvalue weighted by atomic mass is 32.1. The summed E-state index contributed by atoms with van der Waals surface area (Å²) < 4.78 is 0. The molecule has 6 nitrogen and oxygen atoms in total. The number of carbonyl (C=O) groups is 3. The number of carbonyl (C=O) groups excluding carboxylic acids is 2. The van der Waals surface area contributed by atoms with Crippen LogP contribution in [0, 0.1) is 5.92 Å². The highest BCUT2D eigenvalue weighted by Crippen LogP contribution is 2.08. The Morgan fingerprint density at radius 1 is 1.38 bits per heavy atom.